The van der Waals surface area contributed by atoms with Crippen molar-refractivity contribution in [1.29, 1.82) is 0 Å². The lowest BCUT2D eigenvalue weighted by atomic mass is 9.68. The first-order valence-corrected chi connectivity index (χ1v) is 25.5. The fraction of sp³-hybridized carbons (Fsp3) is 1.00. The van der Waals surface area contributed by atoms with Crippen LogP contribution in [-0.2, 0) is 24.2 Å². The molecule has 1 saturated carbocycles. The van der Waals surface area contributed by atoms with Crippen LogP contribution in [0.15, 0.2) is 0 Å². The Balaban J connectivity index is 0.000000349. The van der Waals surface area contributed by atoms with Crippen molar-refractivity contribution in [3.8, 4) is 0 Å². The van der Waals surface area contributed by atoms with Gasteiger partial charge < -0.3 is 24.2 Å². The van der Waals surface area contributed by atoms with Gasteiger partial charge in [-0.25, -0.2) is 0 Å². The molecule has 3 heterocycles. The molecule has 3 aliphatic heterocycles. The second-order valence-corrected chi connectivity index (χ2v) is 21.9. The van der Waals surface area contributed by atoms with E-state index in [0.29, 0.717) is 28.8 Å². The van der Waals surface area contributed by atoms with Crippen LogP contribution in [0.5, 0.6) is 0 Å². The van der Waals surface area contributed by atoms with Crippen molar-refractivity contribution < 1.29 is 49.6 Å². The Kier molecular flexibility index (Phi) is 25.7. The molecule has 20 nitrogen and oxygen atoms in total. The normalized spacial score (nSPS) is 23.8. The van der Waals surface area contributed by atoms with Crippen molar-refractivity contribution in [3.05, 3.63) is 50.6 Å². The maximum atomic E-state index is 10.0. The lowest BCUT2D eigenvalue weighted by Gasteiger charge is -2.39. The Morgan fingerprint density at radius 1 is 0.635 bits per heavy atom. The standard InChI is InChI=1S/C10H18S2.C5H8N2O6S2.C5H11NO3S2.C4H6N2O6S2/c1-8-3-4-10(5-9(8)2)6-11-12-7-10;8-6(9)12-1-5(2-13-7(10)11)3-14-15-4-5;1-2-4-10-11-5-3-9-6(7)8;7-5(8)11-3-1-13-14-2-4(3)12-6(9)10/h8-9H,3-7H2,1-2H3;1-4H2;2-5H2,1H3;3-4H,1-2H2/t;;;3-,4?/m...0/s1. The summed E-state index contributed by atoms with van der Waals surface area (Å²) in [4.78, 5) is 70.9. The van der Waals surface area contributed by atoms with Crippen molar-refractivity contribution in [1.82, 2.24) is 0 Å². The van der Waals surface area contributed by atoms with Gasteiger partial charge in [0.2, 0.25) is 0 Å². The number of rotatable bonds is 17. The summed E-state index contributed by atoms with van der Waals surface area (Å²) in [5.41, 5.74) is 0.108. The molecule has 0 N–H and O–H groups in total. The molecule has 0 aromatic carbocycles. The van der Waals surface area contributed by atoms with Gasteiger partial charge in [-0.3, -0.25) is 0 Å². The second-order valence-electron chi connectivity index (χ2n) is 11.7. The van der Waals surface area contributed by atoms with Gasteiger partial charge in [-0.2, -0.15) is 0 Å². The number of hydrogen-bond donors (Lipinski definition) is 0. The Bertz CT molecular complexity index is 1050. The highest BCUT2D eigenvalue weighted by atomic mass is 33.1. The minimum absolute atomic E-state index is 0.173. The highest BCUT2D eigenvalue weighted by Gasteiger charge is 2.41. The van der Waals surface area contributed by atoms with Crippen LogP contribution in [0, 0.1) is 73.2 Å². The van der Waals surface area contributed by atoms with Gasteiger partial charge in [-0.1, -0.05) is 107 Å². The molecule has 4 atom stereocenters. The zero-order chi connectivity index (χ0) is 39.0. The summed E-state index contributed by atoms with van der Waals surface area (Å²) >= 11 is 0. The van der Waals surface area contributed by atoms with E-state index in [1.165, 1.54) is 73.9 Å². The van der Waals surface area contributed by atoms with Crippen molar-refractivity contribution in [3.63, 3.8) is 0 Å². The van der Waals surface area contributed by atoms with Crippen molar-refractivity contribution in [2.75, 3.05) is 65.8 Å². The number of hydrogen-bond acceptors (Lipinski definition) is 23. The Hall–Kier alpha value is -1.20. The van der Waals surface area contributed by atoms with Gasteiger partial charge in [-0.05, 0) is 42.9 Å². The van der Waals surface area contributed by atoms with Gasteiger partial charge in [0.05, 0.1) is 0 Å². The molecule has 0 radical (unpaired) electrons. The van der Waals surface area contributed by atoms with E-state index in [1.54, 1.807) is 21.6 Å². The summed E-state index contributed by atoms with van der Waals surface area (Å²) in [5.74, 6) is 8.23. The van der Waals surface area contributed by atoms with Crippen molar-refractivity contribution >= 4 is 86.4 Å². The molecule has 0 aromatic heterocycles. The molecule has 4 aliphatic rings. The van der Waals surface area contributed by atoms with Gasteiger partial charge in [0.1, 0.15) is 32.0 Å². The fourth-order valence-electron chi connectivity index (χ4n) is 4.61. The molecular weight excluding hydrogens is 855 g/mol. The van der Waals surface area contributed by atoms with E-state index in [-0.39, 0.29) is 19.8 Å². The minimum atomic E-state index is -0.961. The van der Waals surface area contributed by atoms with Crippen LogP contribution < -0.4 is 0 Å². The first-order valence-electron chi connectivity index (χ1n) is 15.5. The molecule has 1 spiro atoms. The fourth-order valence-corrected chi connectivity index (χ4v) is 15.8. The molecule has 52 heavy (non-hydrogen) atoms. The van der Waals surface area contributed by atoms with Crippen LogP contribution in [0.4, 0.5) is 0 Å². The van der Waals surface area contributed by atoms with Crippen molar-refractivity contribution in [2.45, 2.75) is 58.7 Å². The molecule has 4 fully saturated rings. The minimum Gasteiger partial charge on any atom is -0.313 e. The summed E-state index contributed by atoms with van der Waals surface area (Å²) in [7, 11) is 13.2. The maximum Gasteiger partial charge on any atom is 0.294 e. The molecule has 3 saturated heterocycles. The summed E-state index contributed by atoms with van der Waals surface area (Å²) < 4.78 is 0. The topological polar surface area (TPSA) is 262 Å². The Labute approximate surface area is 331 Å². The molecule has 4 rings (SSSR count). The predicted octanol–water partition coefficient (Wildman–Crippen LogP) is 7.13. The molecular formula is C24H43N5O15S8. The SMILES string of the molecule is CC1CCC2(CSSC2)CC1C.CCCSSCCO[N+](=O)[O-].O=[N+]([O-])OC1CSSC[C@@H]1O[N+](=O)[O-].O=[N+]([O-])OCC1(CO[N+](=O)[O-])CSSC1. The molecule has 28 heteroatoms. The molecule has 302 valence electrons. The van der Waals surface area contributed by atoms with E-state index < -0.39 is 43.1 Å². The van der Waals surface area contributed by atoms with E-state index in [1.807, 2.05) is 0 Å². The van der Waals surface area contributed by atoms with Crippen molar-refractivity contribution in [2.24, 2.45) is 22.7 Å². The van der Waals surface area contributed by atoms with Gasteiger partial charge in [0.25, 0.3) is 25.4 Å². The smallest absolute Gasteiger partial charge is 0.294 e. The molecule has 0 bridgehead atoms. The predicted molar refractivity (Wildman–Crippen MR) is 210 cm³/mol. The van der Waals surface area contributed by atoms with Gasteiger partial charge in [0, 0.05) is 51.4 Å². The highest BCUT2D eigenvalue weighted by molar-refractivity contribution is 8.77. The van der Waals surface area contributed by atoms with E-state index in [0.717, 1.165) is 29.4 Å². The van der Waals surface area contributed by atoms with Gasteiger partial charge >= 0.3 is 0 Å². The van der Waals surface area contributed by atoms with Crippen LogP contribution in [-0.4, -0.2) is 103 Å². The highest BCUT2D eigenvalue weighted by Crippen LogP contribution is 2.53. The van der Waals surface area contributed by atoms with Crippen LogP contribution in [0.25, 0.3) is 0 Å². The second kappa shape index (κ2) is 27.4. The average molecular weight is 898 g/mol. The zero-order valence-electron chi connectivity index (χ0n) is 28.5. The zero-order valence-corrected chi connectivity index (χ0v) is 35.1. The van der Waals surface area contributed by atoms with E-state index in [4.69, 9.17) is 0 Å². The van der Waals surface area contributed by atoms with Crippen LogP contribution >= 0.6 is 86.4 Å². The van der Waals surface area contributed by atoms with E-state index >= 15 is 0 Å². The molecule has 1 aliphatic carbocycles. The first-order chi connectivity index (χ1) is 24.6. The third-order valence-corrected chi connectivity index (χ3v) is 18.2. The summed E-state index contributed by atoms with van der Waals surface area (Å²) in [6, 6.07) is 0. The number of nitrogens with zero attached hydrogens (tertiary/aromatic N) is 5. The quantitative estimate of drug-likeness (QED) is 0.0608. The van der Waals surface area contributed by atoms with Crippen LogP contribution in [0.3, 0.4) is 0 Å². The van der Waals surface area contributed by atoms with E-state index in [9.17, 15) is 50.6 Å². The van der Waals surface area contributed by atoms with E-state index in [2.05, 4.69) is 66.5 Å². The van der Waals surface area contributed by atoms with Gasteiger partial charge in [-0.15, -0.1) is 50.6 Å². The van der Waals surface area contributed by atoms with Gasteiger partial charge in [0.15, 0.2) is 0 Å². The Morgan fingerprint density at radius 2 is 1.10 bits per heavy atom. The van der Waals surface area contributed by atoms with Crippen LogP contribution in [0.2, 0.25) is 0 Å². The molecule has 0 aromatic rings. The summed E-state index contributed by atoms with van der Waals surface area (Å²) in [6.45, 7) is 6.81. The largest absolute Gasteiger partial charge is 0.313 e. The third-order valence-electron chi connectivity index (χ3n) is 7.58. The first kappa shape index (κ1) is 48.8. The third kappa shape index (κ3) is 22.2. The molecule has 0 amide bonds. The lowest BCUT2D eigenvalue weighted by Crippen LogP contribution is -2.40. The van der Waals surface area contributed by atoms with Crippen LogP contribution in [0.1, 0.15) is 46.5 Å². The monoisotopic (exact) mass is 897 g/mol. The summed E-state index contributed by atoms with van der Waals surface area (Å²) in [6.07, 6.45) is 3.85. The average Bonchev–Trinajstić information content (AvgIpc) is 3.74. The molecule has 3 unspecified atom stereocenters. The Morgan fingerprint density at radius 3 is 1.52 bits per heavy atom. The summed E-state index contributed by atoms with van der Waals surface area (Å²) in [5, 5.41) is 45.3. The lowest BCUT2D eigenvalue weighted by molar-refractivity contribution is -0.796. The maximum absolute atomic E-state index is 10.0.